The Balaban J connectivity index is 2.22. The lowest BCUT2D eigenvalue weighted by molar-refractivity contribution is -0.145. The molecule has 1 heterocycles. The van der Waals surface area contributed by atoms with E-state index < -0.39 is 29.7 Å². The molecule has 0 bridgehead atoms. The standard InChI is InChI=1S/C22H28N6O5/c1-28(2)13-20(30)26-19(10-14-11-24-17-7-5-4-6-16(14)17)21(31)27-18(22(32)33-3)9-8-15(29)12-25-23/h4-7,11-12,18-19,24H,8-10,13H2,1-3H3,(H,26,30)(H,27,31)/t18-,19-/m0/s1. The highest BCUT2D eigenvalue weighted by Crippen LogP contribution is 2.19. The summed E-state index contributed by atoms with van der Waals surface area (Å²) >= 11 is 0. The number of aromatic nitrogens is 1. The number of ketones is 1. The summed E-state index contributed by atoms with van der Waals surface area (Å²) < 4.78 is 4.74. The maximum absolute atomic E-state index is 13.1. The molecule has 0 saturated heterocycles. The van der Waals surface area contributed by atoms with Gasteiger partial charge in [-0.05, 0) is 32.1 Å². The van der Waals surface area contributed by atoms with Gasteiger partial charge in [0.05, 0.1) is 13.7 Å². The number of ether oxygens (including phenoxy) is 1. The minimum Gasteiger partial charge on any atom is -0.467 e. The molecule has 0 radical (unpaired) electrons. The molecule has 176 valence electrons. The second kappa shape index (κ2) is 12.3. The molecule has 0 unspecified atom stereocenters. The van der Waals surface area contributed by atoms with Crippen LogP contribution >= 0.6 is 0 Å². The van der Waals surface area contributed by atoms with Gasteiger partial charge in [-0.3, -0.25) is 14.4 Å². The average molecular weight is 457 g/mol. The van der Waals surface area contributed by atoms with E-state index >= 15 is 0 Å². The van der Waals surface area contributed by atoms with Crippen molar-refractivity contribution in [3.8, 4) is 0 Å². The van der Waals surface area contributed by atoms with Gasteiger partial charge in [0.1, 0.15) is 12.1 Å². The van der Waals surface area contributed by atoms with Crippen LogP contribution in [0.15, 0.2) is 30.5 Å². The molecule has 1 aromatic heterocycles. The summed E-state index contributed by atoms with van der Waals surface area (Å²) in [6.07, 6.45) is 2.46. The van der Waals surface area contributed by atoms with Crippen LogP contribution in [0, 0.1) is 0 Å². The molecule has 2 amide bonds. The van der Waals surface area contributed by atoms with Crippen molar-refractivity contribution >= 4 is 40.7 Å². The molecule has 2 rings (SSSR count). The van der Waals surface area contributed by atoms with Crippen molar-refractivity contribution in [2.45, 2.75) is 31.3 Å². The number of nitrogens with zero attached hydrogens (tertiary/aromatic N) is 3. The Morgan fingerprint density at radius 3 is 2.58 bits per heavy atom. The van der Waals surface area contributed by atoms with Crippen LogP contribution in [0.4, 0.5) is 0 Å². The summed E-state index contributed by atoms with van der Waals surface area (Å²) in [5.74, 6) is -2.20. The molecule has 11 heteroatoms. The van der Waals surface area contributed by atoms with Crippen molar-refractivity contribution in [2.24, 2.45) is 0 Å². The van der Waals surface area contributed by atoms with Crippen LogP contribution in [0.3, 0.4) is 0 Å². The van der Waals surface area contributed by atoms with Gasteiger partial charge in [0.2, 0.25) is 17.6 Å². The van der Waals surface area contributed by atoms with Crippen LogP contribution in [0.25, 0.3) is 16.4 Å². The zero-order valence-electron chi connectivity index (χ0n) is 18.8. The van der Waals surface area contributed by atoms with Crippen molar-refractivity contribution < 1.29 is 28.7 Å². The Morgan fingerprint density at radius 2 is 1.91 bits per heavy atom. The molecule has 0 saturated carbocycles. The Kier molecular flexibility index (Phi) is 9.46. The van der Waals surface area contributed by atoms with E-state index in [1.54, 1.807) is 25.2 Å². The van der Waals surface area contributed by atoms with E-state index in [1.165, 1.54) is 7.11 Å². The summed E-state index contributed by atoms with van der Waals surface area (Å²) in [6, 6.07) is 5.48. The van der Waals surface area contributed by atoms with Gasteiger partial charge >= 0.3 is 12.2 Å². The normalized spacial score (nSPS) is 12.5. The highest BCUT2D eigenvalue weighted by atomic mass is 16.5. The van der Waals surface area contributed by atoms with Crippen LogP contribution in [0.1, 0.15) is 18.4 Å². The van der Waals surface area contributed by atoms with Crippen molar-refractivity contribution in [1.29, 1.82) is 0 Å². The van der Waals surface area contributed by atoms with Crippen LogP contribution in [-0.4, -0.2) is 84.3 Å². The third-order valence-corrected chi connectivity index (χ3v) is 4.89. The fourth-order valence-electron chi connectivity index (χ4n) is 3.34. The Labute approximate surface area is 191 Å². The molecule has 0 aliphatic heterocycles. The van der Waals surface area contributed by atoms with Gasteiger partial charge in [0.25, 0.3) is 0 Å². The third kappa shape index (κ3) is 7.67. The first-order valence-corrected chi connectivity index (χ1v) is 10.3. The zero-order valence-corrected chi connectivity index (χ0v) is 18.8. The predicted octanol–water partition coefficient (Wildman–Crippen LogP) is 0.0645. The number of methoxy groups -OCH3 is 1. The summed E-state index contributed by atoms with van der Waals surface area (Å²) in [5.41, 5.74) is 10.2. The first kappa shape index (κ1) is 25.4. The van der Waals surface area contributed by atoms with Gasteiger partial charge in [-0.15, -0.1) is 0 Å². The average Bonchev–Trinajstić information content (AvgIpc) is 3.18. The van der Waals surface area contributed by atoms with E-state index in [-0.39, 0.29) is 31.7 Å². The second-order valence-corrected chi connectivity index (χ2v) is 7.76. The SMILES string of the molecule is COC(=O)[C@H](CCC(=O)C=[N+]=[N-])NC(=O)[C@H](Cc1c[nH]c2ccccc12)NC(=O)CN(C)C. The number of rotatable bonds is 12. The first-order valence-electron chi connectivity index (χ1n) is 10.3. The number of esters is 1. The number of carbonyl (C=O) groups is 4. The van der Waals surface area contributed by atoms with E-state index in [4.69, 9.17) is 10.3 Å². The molecule has 11 nitrogen and oxygen atoms in total. The van der Waals surface area contributed by atoms with Gasteiger partial charge in [-0.2, -0.15) is 4.79 Å². The molecule has 0 aliphatic rings. The number of amides is 2. The van der Waals surface area contributed by atoms with E-state index in [0.717, 1.165) is 22.7 Å². The van der Waals surface area contributed by atoms with Crippen molar-refractivity contribution in [1.82, 2.24) is 20.5 Å². The lowest BCUT2D eigenvalue weighted by atomic mass is 10.0. The maximum Gasteiger partial charge on any atom is 0.328 e. The van der Waals surface area contributed by atoms with Crippen LogP contribution in [0.2, 0.25) is 0 Å². The van der Waals surface area contributed by atoms with Crippen molar-refractivity contribution in [2.75, 3.05) is 27.7 Å². The highest BCUT2D eigenvalue weighted by Gasteiger charge is 2.28. The van der Waals surface area contributed by atoms with Gasteiger partial charge in [0, 0.05) is 29.9 Å². The maximum atomic E-state index is 13.1. The highest BCUT2D eigenvalue weighted by molar-refractivity contribution is 6.25. The Morgan fingerprint density at radius 1 is 1.18 bits per heavy atom. The number of hydrogen-bond acceptors (Lipinski definition) is 6. The van der Waals surface area contributed by atoms with Crippen LogP contribution in [0.5, 0.6) is 0 Å². The lowest BCUT2D eigenvalue weighted by Gasteiger charge is -2.22. The summed E-state index contributed by atoms with van der Waals surface area (Å²) in [7, 11) is 4.63. The number of nitrogens with one attached hydrogen (secondary N) is 3. The quantitative estimate of drug-likeness (QED) is 0.177. The number of fused-ring (bicyclic) bond motifs is 1. The minimum absolute atomic E-state index is 0.0608. The number of H-pyrrole nitrogens is 1. The number of Topliss-reactive ketones (excluding diaryl/α,β-unsaturated/α-hetero) is 1. The summed E-state index contributed by atoms with van der Waals surface area (Å²) in [6.45, 7) is 0.0765. The molecule has 0 fully saturated rings. The number of para-hydroxylation sites is 1. The van der Waals surface area contributed by atoms with E-state index in [0.29, 0.717) is 0 Å². The summed E-state index contributed by atoms with van der Waals surface area (Å²) in [5, 5.41) is 6.20. The second-order valence-electron chi connectivity index (χ2n) is 7.76. The first-order chi connectivity index (χ1) is 15.7. The number of aromatic amines is 1. The van der Waals surface area contributed by atoms with Gasteiger partial charge in [0.15, 0.2) is 0 Å². The van der Waals surface area contributed by atoms with Gasteiger partial charge < -0.3 is 30.8 Å². The number of hydrogen-bond donors (Lipinski definition) is 3. The fraction of sp³-hybridized carbons (Fsp3) is 0.409. The molecule has 0 spiro atoms. The van der Waals surface area contributed by atoms with Crippen LogP contribution < -0.4 is 10.6 Å². The molecular weight excluding hydrogens is 428 g/mol. The lowest BCUT2D eigenvalue weighted by Crippen LogP contribution is -2.53. The number of likely N-dealkylation sites (N-methyl/N-ethyl adjacent to an activating group) is 1. The topological polar surface area (TPSA) is 157 Å². The third-order valence-electron chi connectivity index (χ3n) is 4.89. The largest absolute Gasteiger partial charge is 0.467 e. The monoisotopic (exact) mass is 456 g/mol. The molecule has 0 aliphatic carbocycles. The Bertz CT molecular complexity index is 1060. The van der Waals surface area contributed by atoms with E-state index in [1.807, 2.05) is 24.3 Å². The zero-order chi connectivity index (χ0) is 24.4. The minimum atomic E-state index is -1.12. The molecule has 1 aromatic carbocycles. The number of benzene rings is 1. The molecular formula is C22H28N6O5. The number of carbonyl (C=O) groups excluding carboxylic acids is 4. The molecule has 33 heavy (non-hydrogen) atoms. The van der Waals surface area contributed by atoms with Crippen molar-refractivity contribution in [3.05, 3.63) is 41.6 Å². The predicted molar refractivity (Wildman–Crippen MR) is 120 cm³/mol. The molecule has 2 atom stereocenters. The molecule has 2 aromatic rings. The summed E-state index contributed by atoms with van der Waals surface area (Å²) in [4.78, 5) is 56.8. The molecule has 3 N–H and O–H groups in total. The van der Waals surface area contributed by atoms with Crippen molar-refractivity contribution in [3.63, 3.8) is 0 Å². The van der Waals surface area contributed by atoms with E-state index in [9.17, 15) is 19.2 Å². The fourth-order valence-corrected chi connectivity index (χ4v) is 3.34. The van der Waals surface area contributed by atoms with Crippen LogP contribution in [-0.2, 0) is 30.3 Å². The van der Waals surface area contributed by atoms with E-state index in [2.05, 4.69) is 20.4 Å². The van der Waals surface area contributed by atoms with Gasteiger partial charge in [-0.25, -0.2) is 4.79 Å². The van der Waals surface area contributed by atoms with Gasteiger partial charge in [-0.1, -0.05) is 18.2 Å². The smallest absolute Gasteiger partial charge is 0.328 e. The Hall–Kier alpha value is -3.82.